The molecule has 204 valence electrons. The van der Waals surface area contributed by atoms with E-state index in [1.165, 1.54) is 21.2 Å². The Morgan fingerprint density at radius 2 is 1.85 bits per heavy atom. The van der Waals surface area contributed by atoms with E-state index in [0.29, 0.717) is 41.4 Å². The standard InChI is InChI=1S/C28H31N5O6/c1-17(34)18-6-8-19(9-7-18)32-25(35)31-14-12-22-24(33(31)26(32)36)21-11-10-20(16-23(21)39-28(22,2)3)38-27(37)30(5)15-13-29-4/h6-12,16,24,29H,13-15H2,1-5H3. The lowest BCUT2D eigenvalue weighted by atomic mass is 9.83. The van der Waals surface area contributed by atoms with Crippen LogP contribution < -0.4 is 26.2 Å². The highest BCUT2D eigenvalue weighted by Crippen LogP contribution is 2.47. The summed E-state index contributed by atoms with van der Waals surface area (Å²) in [4.78, 5) is 52.9. The first-order chi connectivity index (χ1) is 18.5. The van der Waals surface area contributed by atoms with Gasteiger partial charge in [-0.3, -0.25) is 4.79 Å². The van der Waals surface area contributed by atoms with E-state index in [-0.39, 0.29) is 12.3 Å². The van der Waals surface area contributed by atoms with E-state index in [1.54, 1.807) is 56.6 Å². The molecular weight excluding hydrogens is 502 g/mol. The molecule has 0 spiro atoms. The number of hydrogen-bond acceptors (Lipinski definition) is 7. The number of carbonyl (C=O) groups excluding carboxylic acids is 2. The molecule has 39 heavy (non-hydrogen) atoms. The number of hydrogen-bond donors (Lipinski definition) is 1. The van der Waals surface area contributed by atoms with Crippen LogP contribution in [-0.2, 0) is 6.54 Å². The summed E-state index contributed by atoms with van der Waals surface area (Å²) in [6, 6.07) is 10.8. The number of carbonyl (C=O) groups is 2. The number of aromatic nitrogens is 3. The van der Waals surface area contributed by atoms with E-state index >= 15 is 0 Å². The first-order valence-corrected chi connectivity index (χ1v) is 12.7. The number of amides is 1. The van der Waals surface area contributed by atoms with Crippen molar-refractivity contribution in [3.63, 3.8) is 0 Å². The third-order valence-electron chi connectivity index (χ3n) is 7.17. The van der Waals surface area contributed by atoms with Crippen molar-refractivity contribution in [3.8, 4) is 17.2 Å². The van der Waals surface area contributed by atoms with Gasteiger partial charge in [-0.2, -0.15) is 0 Å². The molecule has 0 aliphatic carbocycles. The second kappa shape index (κ2) is 9.73. The Hall–Kier alpha value is -4.38. The lowest BCUT2D eigenvalue weighted by molar-refractivity contribution is 0.101. The average molecular weight is 534 g/mol. The van der Waals surface area contributed by atoms with Gasteiger partial charge < -0.3 is 19.7 Å². The van der Waals surface area contributed by atoms with Crippen molar-refractivity contribution in [1.82, 2.24) is 24.1 Å². The summed E-state index contributed by atoms with van der Waals surface area (Å²) in [5.41, 5.74) is 0.604. The summed E-state index contributed by atoms with van der Waals surface area (Å²) >= 11 is 0. The molecule has 11 heteroatoms. The van der Waals surface area contributed by atoms with Gasteiger partial charge in [0, 0.05) is 37.3 Å². The molecule has 0 saturated carbocycles. The number of ether oxygens (including phenoxy) is 2. The van der Waals surface area contributed by atoms with E-state index in [0.717, 1.165) is 10.1 Å². The maximum Gasteiger partial charge on any atom is 0.415 e. The van der Waals surface area contributed by atoms with E-state index in [2.05, 4.69) is 5.32 Å². The fourth-order valence-corrected chi connectivity index (χ4v) is 5.06. The maximum atomic E-state index is 13.8. The Balaban J connectivity index is 1.56. The van der Waals surface area contributed by atoms with Crippen molar-refractivity contribution >= 4 is 11.9 Å². The summed E-state index contributed by atoms with van der Waals surface area (Å²) < 4.78 is 15.9. The molecule has 2 aromatic carbocycles. The van der Waals surface area contributed by atoms with Gasteiger partial charge >= 0.3 is 17.5 Å². The minimum absolute atomic E-state index is 0.105. The van der Waals surface area contributed by atoms with Gasteiger partial charge in [-0.1, -0.05) is 6.08 Å². The van der Waals surface area contributed by atoms with Gasteiger partial charge in [-0.25, -0.2) is 28.3 Å². The number of nitrogens with zero attached hydrogens (tertiary/aromatic N) is 4. The SMILES string of the molecule is CNCCN(C)C(=O)Oc1ccc2c(c1)OC(C)(C)C1=CCn3c(=O)n(-c4ccc(C(C)=O)cc4)c(=O)n3C12. The predicted molar refractivity (Wildman–Crippen MR) is 144 cm³/mol. The zero-order valence-corrected chi connectivity index (χ0v) is 22.6. The topological polar surface area (TPSA) is 117 Å². The number of ketones is 1. The molecule has 1 N–H and O–H groups in total. The summed E-state index contributed by atoms with van der Waals surface area (Å²) in [5, 5.41) is 2.99. The van der Waals surface area contributed by atoms with Gasteiger partial charge in [0.2, 0.25) is 0 Å². The quantitative estimate of drug-likeness (QED) is 0.382. The Labute approximate surface area is 224 Å². The zero-order valence-electron chi connectivity index (χ0n) is 22.6. The van der Waals surface area contributed by atoms with Crippen LogP contribution in [0, 0.1) is 0 Å². The lowest BCUT2D eigenvalue weighted by Crippen LogP contribution is -2.46. The molecule has 1 unspecified atom stereocenters. The van der Waals surface area contributed by atoms with Crippen molar-refractivity contribution in [2.45, 2.75) is 39.0 Å². The maximum absolute atomic E-state index is 13.8. The number of likely N-dealkylation sites (N-methyl/N-ethyl adjacent to an activating group) is 2. The van der Waals surface area contributed by atoms with Crippen molar-refractivity contribution in [2.75, 3.05) is 27.2 Å². The zero-order chi connectivity index (χ0) is 28.1. The third kappa shape index (κ3) is 4.48. The summed E-state index contributed by atoms with van der Waals surface area (Å²) in [6.45, 7) is 6.56. The van der Waals surface area contributed by atoms with Crippen LogP contribution in [0.4, 0.5) is 4.79 Å². The number of allylic oxidation sites excluding steroid dienone is 1. The van der Waals surface area contributed by atoms with Gasteiger partial charge in [-0.05, 0) is 69.8 Å². The van der Waals surface area contributed by atoms with Crippen LogP contribution in [-0.4, -0.2) is 63.5 Å². The van der Waals surface area contributed by atoms with Crippen LogP contribution >= 0.6 is 0 Å². The van der Waals surface area contributed by atoms with E-state index in [4.69, 9.17) is 9.47 Å². The van der Waals surface area contributed by atoms with Crippen molar-refractivity contribution < 1.29 is 19.1 Å². The number of rotatable bonds is 6. The van der Waals surface area contributed by atoms with Crippen LogP contribution in [0.1, 0.15) is 42.7 Å². The number of nitrogens with one attached hydrogen (secondary N) is 1. The van der Waals surface area contributed by atoms with Crippen LogP contribution in [0.15, 0.2) is 63.7 Å². The fourth-order valence-electron chi connectivity index (χ4n) is 5.06. The van der Waals surface area contributed by atoms with Crippen LogP contribution in [0.25, 0.3) is 5.69 Å². The summed E-state index contributed by atoms with van der Waals surface area (Å²) in [6.07, 6.45) is 1.42. The molecule has 11 nitrogen and oxygen atoms in total. The molecule has 5 rings (SSSR count). The van der Waals surface area contributed by atoms with Crippen LogP contribution in [0.5, 0.6) is 11.5 Å². The van der Waals surface area contributed by atoms with Gasteiger partial charge in [-0.15, -0.1) is 0 Å². The largest absolute Gasteiger partial charge is 0.483 e. The molecule has 2 aliphatic rings. The molecule has 0 saturated heterocycles. The molecule has 0 bridgehead atoms. The second-order valence-electron chi connectivity index (χ2n) is 10.2. The van der Waals surface area contributed by atoms with Crippen molar-refractivity contribution in [3.05, 3.63) is 86.2 Å². The Bertz CT molecular complexity index is 1610. The Kier molecular flexibility index (Phi) is 6.55. The first kappa shape index (κ1) is 26.2. The minimum Gasteiger partial charge on any atom is -0.483 e. The number of fused-ring (bicyclic) bond motifs is 5. The van der Waals surface area contributed by atoms with Crippen LogP contribution in [0.2, 0.25) is 0 Å². The highest BCUT2D eigenvalue weighted by atomic mass is 16.6. The fraction of sp³-hybridized carbons (Fsp3) is 0.357. The minimum atomic E-state index is -0.796. The Morgan fingerprint density at radius 1 is 1.13 bits per heavy atom. The van der Waals surface area contributed by atoms with Gasteiger partial charge in [0.05, 0.1) is 12.2 Å². The molecule has 1 atom stereocenters. The molecule has 1 amide bonds. The van der Waals surface area contributed by atoms with E-state index in [9.17, 15) is 19.2 Å². The number of Topliss-reactive ketones (excluding diaryl/α,β-unsaturated/α-hetero) is 1. The molecular formula is C28H31N5O6. The highest BCUT2D eigenvalue weighted by molar-refractivity contribution is 5.94. The van der Waals surface area contributed by atoms with E-state index in [1.807, 2.05) is 19.9 Å². The molecule has 2 aliphatic heterocycles. The lowest BCUT2D eigenvalue weighted by Gasteiger charge is -2.42. The average Bonchev–Trinajstić information content (AvgIpc) is 3.16. The van der Waals surface area contributed by atoms with Gasteiger partial charge in [0.1, 0.15) is 23.1 Å². The third-order valence-corrected chi connectivity index (χ3v) is 7.17. The predicted octanol–water partition coefficient (Wildman–Crippen LogP) is 2.35. The second-order valence-corrected chi connectivity index (χ2v) is 10.2. The normalized spacial score (nSPS) is 16.7. The highest BCUT2D eigenvalue weighted by Gasteiger charge is 2.44. The smallest absolute Gasteiger partial charge is 0.415 e. The Morgan fingerprint density at radius 3 is 2.51 bits per heavy atom. The van der Waals surface area contributed by atoms with Gasteiger partial charge in [0.15, 0.2) is 5.78 Å². The first-order valence-electron chi connectivity index (χ1n) is 12.7. The molecule has 3 heterocycles. The van der Waals surface area contributed by atoms with Crippen molar-refractivity contribution in [1.29, 1.82) is 0 Å². The monoisotopic (exact) mass is 533 g/mol. The molecule has 0 radical (unpaired) electrons. The summed E-state index contributed by atoms with van der Waals surface area (Å²) in [5.74, 6) is 0.657. The van der Waals surface area contributed by atoms with Crippen LogP contribution in [0.3, 0.4) is 0 Å². The number of benzene rings is 2. The molecule has 0 fully saturated rings. The van der Waals surface area contributed by atoms with E-state index < -0.39 is 29.1 Å². The van der Waals surface area contributed by atoms with Crippen molar-refractivity contribution in [2.24, 2.45) is 0 Å². The van der Waals surface area contributed by atoms with Gasteiger partial charge in [0.25, 0.3) is 0 Å². The summed E-state index contributed by atoms with van der Waals surface area (Å²) in [7, 11) is 3.46. The molecule has 1 aromatic heterocycles. The molecule has 3 aromatic rings.